The van der Waals surface area contributed by atoms with Crippen molar-refractivity contribution in [3.8, 4) is 5.75 Å². The summed E-state index contributed by atoms with van der Waals surface area (Å²) in [7, 11) is 1.69. The van der Waals surface area contributed by atoms with Crippen LogP contribution in [0.4, 0.5) is 10.5 Å². The molecule has 1 aliphatic rings. The van der Waals surface area contributed by atoms with Gasteiger partial charge < -0.3 is 19.9 Å². The molecule has 1 N–H and O–H groups in total. The zero-order chi connectivity index (χ0) is 15.1. The molecule has 0 aliphatic carbocycles. The molecule has 2 amide bonds. The predicted octanol–water partition coefficient (Wildman–Crippen LogP) is 2.33. The fraction of sp³-hybridized carbons (Fsp3) is 0.562. The summed E-state index contributed by atoms with van der Waals surface area (Å²) in [6, 6.07) is 8.08. The first kappa shape index (κ1) is 15.5. The molecule has 0 aromatic heterocycles. The Morgan fingerprint density at radius 3 is 2.62 bits per heavy atom. The topological polar surface area (TPSA) is 44.8 Å². The van der Waals surface area contributed by atoms with Gasteiger partial charge in [0.25, 0.3) is 0 Å². The minimum absolute atomic E-state index is 0.0585. The molecule has 0 spiro atoms. The highest BCUT2D eigenvalue weighted by Crippen LogP contribution is 2.28. The molecule has 0 radical (unpaired) electrons. The molecule has 1 heterocycles. The van der Waals surface area contributed by atoms with Gasteiger partial charge in [-0.15, -0.1) is 0 Å². The second kappa shape index (κ2) is 7.76. The Labute approximate surface area is 126 Å². The van der Waals surface area contributed by atoms with Gasteiger partial charge in [0.15, 0.2) is 0 Å². The van der Waals surface area contributed by atoms with E-state index >= 15 is 0 Å². The van der Waals surface area contributed by atoms with Gasteiger partial charge in [-0.1, -0.05) is 25.5 Å². The van der Waals surface area contributed by atoms with Crippen LogP contribution in [0.2, 0.25) is 0 Å². The second-order valence-corrected chi connectivity index (χ2v) is 5.23. The van der Waals surface area contributed by atoms with E-state index in [2.05, 4.69) is 23.2 Å². The molecule has 1 aliphatic heterocycles. The number of unbranched alkanes of at least 4 members (excludes halogenated alkanes) is 1. The van der Waals surface area contributed by atoms with Crippen molar-refractivity contribution in [1.29, 1.82) is 0 Å². The average molecular weight is 291 g/mol. The second-order valence-electron chi connectivity index (χ2n) is 5.23. The van der Waals surface area contributed by atoms with E-state index in [0.717, 1.165) is 57.0 Å². The van der Waals surface area contributed by atoms with Crippen molar-refractivity contribution in [3.63, 3.8) is 0 Å². The highest BCUT2D eigenvalue weighted by Gasteiger charge is 2.22. The Morgan fingerprint density at radius 2 is 1.95 bits per heavy atom. The van der Waals surface area contributed by atoms with Crippen molar-refractivity contribution in [2.24, 2.45) is 0 Å². The summed E-state index contributed by atoms with van der Waals surface area (Å²) in [5, 5.41) is 2.97. The molecule has 5 nitrogen and oxygen atoms in total. The summed E-state index contributed by atoms with van der Waals surface area (Å²) < 4.78 is 5.40. The number of methoxy groups -OCH3 is 1. The summed E-state index contributed by atoms with van der Waals surface area (Å²) in [4.78, 5) is 16.2. The van der Waals surface area contributed by atoms with Gasteiger partial charge in [0.05, 0.1) is 12.8 Å². The van der Waals surface area contributed by atoms with Gasteiger partial charge in [0, 0.05) is 32.7 Å². The molecule has 2 rings (SSSR count). The molecule has 1 saturated heterocycles. The summed E-state index contributed by atoms with van der Waals surface area (Å²) in [6.07, 6.45) is 2.13. The van der Waals surface area contributed by atoms with E-state index in [4.69, 9.17) is 4.74 Å². The Bertz CT molecular complexity index is 457. The number of para-hydroxylation sites is 2. The highest BCUT2D eigenvalue weighted by atomic mass is 16.5. The van der Waals surface area contributed by atoms with Crippen molar-refractivity contribution >= 4 is 11.7 Å². The lowest BCUT2D eigenvalue weighted by Gasteiger charge is -2.36. The number of hydrogen-bond donors (Lipinski definition) is 1. The molecule has 1 aromatic rings. The summed E-state index contributed by atoms with van der Waals surface area (Å²) in [6.45, 7) is 6.05. The van der Waals surface area contributed by atoms with E-state index in [0.29, 0.717) is 0 Å². The van der Waals surface area contributed by atoms with E-state index < -0.39 is 0 Å². The number of rotatable bonds is 5. The van der Waals surface area contributed by atoms with E-state index in [9.17, 15) is 4.79 Å². The van der Waals surface area contributed by atoms with Crippen LogP contribution in [0.3, 0.4) is 0 Å². The van der Waals surface area contributed by atoms with Gasteiger partial charge in [-0.3, -0.25) is 0 Å². The number of amides is 2. The van der Waals surface area contributed by atoms with Crippen LogP contribution in [0.25, 0.3) is 0 Å². The SMILES string of the molecule is CCCCNC(=O)N1CCN(c2ccccc2OC)CC1. The van der Waals surface area contributed by atoms with E-state index in [1.54, 1.807) is 7.11 Å². The highest BCUT2D eigenvalue weighted by molar-refractivity contribution is 5.74. The average Bonchev–Trinajstić information content (AvgIpc) is 2.55. The van der Waals surface area contributed by atoms with Crippen LogP contribution >= 0.6 is 0 Å². The Morgan fingerprint density at radius 1 is 1.24 bits per heavy atom. The quantitative estimate of drug-likeness (QED) is 0.847. The predicted molar refractivity (Wildman–Crippen MR) is 85.1 cm³/mol. The van der Waals surface area contributed by atoms with Gasteiger partial charge in [-0.2, -0.15) is 0 Å². The number of carbonyl (C=O) groups is 1. The number of nitrogens with zero attached hydrogens (tertiary/aromatic N) is 2. The zero-order valence-electron chi connectivity index (χ0n) is 13.0. The van der Waals surface area contributed by atoms with Crippen LogP contribution in [-0.2, 0) is 0 Å². The normalized spacial score (nSPS) is 15.0. The molecule has 1 fully saturated rings. The first-order valence-corrected chi connectivity index (χ1v) is 7.67. The minimum Gasteiger partial charge on any atom is -0.495 e. The summed E-state index contributed by atoms with van der Waals surface area (Å²) in [5.74, 6) is 0.887. The molecule has 0 unspecified atom stereocenters. The van der Waals surface area contributed by atoms with Crippen molar-refractivity contribution < 1.29 is 9.53 Å². The number of hydrogen-bond acceptors (Lipinski definition) is 3. The van der Waals surface area contributed by atoms with Crippen molar-refractivity contribution in [2.45, 2.75) is 19.8 Å². The lowest BCUT2D eigenvalue weighted by atomic mass is 10.2. The van der Waals surface area contributed by atoms with Gasteiger partial charge >= 0.3 is 6.03 Å². The Hall–Kier alpha value is -1.91. The first-order valence-electron chi connectivity index (χ1n) is 7.67. The molecule has 116 valence electrons. The monoisotopic (exact) mass is 291 g/mol. The number of urea groups is 1. The number of benzene rings is 1. The largest absolute Gasteiger partial charge is 0.495 e. The third-order valence-corrected chi connectivity index (χ3v) is 3.80. The molecule has 0 bridgehead atoms. The molecule has 0 saturated carbocycles. The molecule has 1 aromatic carbocycles. The maximum absolute atomic E-state index is 12.0. The molecule has 5 heteroatoms. The van der Waals surface area contributed by atoms with Gasteiger partial charge in [-0.25, -0.2) is 4.79 Å². The standard InChI is InChI=1S/C16H25N3O2/c1-3-4-9-17-16(20)19-12-10-18(11-13-19)14-7-5-6-8-15(14)21-2/h5-8H,3-4,9-13H2,1-2H3,(H,17,20). The van der Waals surface area contributed by atoms with Crippen LogP contribution in [0.1, 0.15) is 19.8 Å². The Balaban J connectivity index is 1.87. The van der Waals surface area contributed by atoms with Crippen LogP contribution in [0, 0.1) is 0 Å². The zero-order valence-corrected chi connectivity index (χ0v) is 13.0. The lowest BCUT2D eigenvalue weighted by molar-refractivity contribution is 0.194. The maximum atomic E-state index is 12.0. The lowest BCUT2D eigenvalue weighted by Crippen LogP contribution is -2.52. The molecule has 21 heavy (non-hydrogen) atoms. The van der Waals surface area contributed by atoms with E-state index in [-0.39, 0.29) is 6.03 Å². The summed E-state index contributed by atoms with van der Waals surface area (Å²) in [5.41, 5.74) is 1.10. The molecular weight excluding hydrogens is 266 g/mol. The van der Waals surface area contributed by atoms with Crippen LogP contribution in [0.5, 0.6) is 5.75 Å². The number of piperazine rings is 1. The van der Waals surface area contributed by atoms with Crippen molar-refractivity contribution in [3.05, 3.63) is 24.3 Å². The van der Waals surface area contributed by atoms with Crippen molar-refractivity contribution in [2.75, 3.05) is 44.7 Å². The van der Waals surface area contributed by atoms with Gasteiger partial charge in [0.1, 0.15) is 5.75 Å². The number of nitrogens with one attached hydrogen (secondary N) is 1. The van der Waals surface area contributed by atoms with Crippen LogP contribution < -0.4 is 15.0 Å². The third-order valence-electron chi connectivity index (χ3n) is 3.80. The first-order chi connectivity index (χ1) is 10.3. The smallest absolute Gasteiger partial charge is 0.317 e. The maximum Gasteiger partial charge on any atom is 0.317 e. The van der Waals surface area contributed by atoms with Gasteiger partial charge in [0.2, 0.25) is 0 Å². The number of ether oxygens (including phenoxy) is 1. The number of carbonyl (C=O) groups excluding carboxylic acids is 1. The Kier molecular flexibility index (Phi) is 5.72. The van der Waals surface area contributed by atoms with E-state index in [1.165, 1.54) is 0 Å². The fourth-order valence-electron chi connectivity index (χ4n) is 2.53. The van der Waals surface area contributed by atoms with Crippen LogP contribution in [-0.4, -0.2) is 50.8 Å². The summed E-state index contributed by atoms with van der Waals surface area (Å²) >= 11 is 0. The minimum atomic E-state index is 0.0585. The third kappa shape index (κ3) is 4.03. The van der Waals surface area contributed by atoms with Crippen molar-refractivity contribution in [1.82, 2.24) is 10.2 Å². The number of anilines is 1. The van der Waals surface area contributed by atoms with E-state index in [1.807, 2.05) is 23.1 Å². The molecule has 0 atom stereocenters. The van der Waals surface area contributed by atoms with Gasteiger partial charge in [-0.05, 0) is 18.6 Å². The fourth-order valence-corrected chi connectivity index (χ4v) is 2.53. The van der Waals surface area contributed by atoms with Crippen LogP contribution in [0.15, 0.2) is 24.3 Å². The molecular formula is C16H25N3O2.